The van der Waals surface area contributed by atoms with Crippen LogP contribution < -0.4 is 17.0 Å². The number of rotatable bonds is 12. The van der Waals surface area contributed by atoms with Gasteiger partial charge in [0.25, 0.3) is 11.4 Å². The highest BCUT2D eigenvalue weighted by atomic mass is 35.5. The van der Waals surface area contributed by atoms with Crippen molar-refractivity contribution in [2.75, 3.05) is 19.8 Å². The summed E-state index contributed by atoms with van der Waals surface area (Å²) in [6.45, 7) is 1.65. The number of azide groups is 1. The summed E-state index contributed by atoms with van der Waals surface area (Å²) in [6, 6.07) is 7.27. The Hall–Kier alpha value is -3.27. The third-order valence-corrected chi connectivity index (χ3v) is 4.12. The molecule has 0 N–H and O–H groups in total. The fraction of sp³-hybridized carbons (Fsp3) is 0.389. The van der Waals surface area contributed by atoms with Crippen molar-refractivity contribution in [1.82, 2.24) is 0 Å². The van der Waals surface area contributed by atoms with Crippen LogP contribution in [0.3, 0.4) is 0 Å². The molecular weight excluding hydrogens is 416 g/mol. The Morgan fingerprint density at radius 2 is 1.87 bits per heavy atom. The Bertz CT molecular complexity index is 920. The minimum absolute atomic E-state index is 0. The van der Waals surface area contributed by atoms with Crippen LogP contribution in [0.5, 0.6) is 0 Å². The summed E-state index contributed by atoms with van der Waals surface area (Å²) in [4.78, 5) is 23.6. The maximum atomic E-state index is 11.3. The quantitative estimate of drug-likeness (QED) is 0.0918. The van der Waals surface area contributed by atoms with Crippen LogP contribution in [0.2, 0.25) is 0 Å². The van der Waals surface area contributed by atoms with Crippen LogP contribution in [-0.2, 0) is 11.2 Å². The van der Waals surface area contributed by atoms with Gasteiger partial charge in [-0.05, 0) is 37.3 Å². The molecule has 0 amide bonds. The van der Waals surface area contributed by atoms with Crippen LogP contribution in [0.1, 0.15) is 24.8 Å². The minimum atomic E-state index is -0.658. The molecule has 1 aromatic carbocycles. The van der Waals surface area contributed by atoms with E-state index in [4.69, 9.17) is 10.3 Å². The van der Waals surface area contributed by atoms with Gasteiger partial charge in [-0.1, -0.05) is 5.11 Å². The van der Waals surface area contributed by atoms with E-state index < -0.39 is 9.85 Å². The van der Waals surface area contributed by atoms with Crippen molar-refractivity contribution in [3.63, 3.8) is 0 Å². The Morgan fingerprint density at radius 3 is 2.57 bits per heavy atom. The molecule has 2 rings (SSSR count). The predicted molar refractivity (Wildman–Crippen MR) is 104 cm³/mol. The number of hydrogen-bond acceptors (Lipinski definition) is 6. The zero-order chi connectivity index (χ0) is 21.1. The summed E-state index contributed by atoms with van der Waals surface area (Å²) in [5.41, 5.74) is 8.75. The first kappa shape index (κ1) is 24.8. The van der Waals surface area contributed by atoms with Gasteiger partial charge >= 0.3 is 5.69 Å². The Kier molecular flexibility index (Phi) is 10.8. The number of nitro benzene ring substituents is 2. The number of unbranched alkanes of at least 4 members (excludes halogenated alkanes) is 1. The van der Waals surface area contributed by atoms with Crippen molar-refractivity contribution in [1.29, 1.82) is 0 Å². The molecule has 0 saturated carbocycles. The molecule has 0 spiro atoms. The molecule has 0 bridgehead atoms. The molecule has 0 radical (unpaired) electrons. The molecule has 0 saturated heterocycles. The maximum absolute atomic E-state index is 11.3. The normalized spacial score (nSPS) is 10.0. The van der Waals surface area contributed by atoms with E-state index in [-0.39, 0.29) is 29.5 Å². The van der Waals surface area contributed by atoms with E-state index in [1.54, 1.807) is 23.0 Å². The number of nitro groups is 2. The smallest absolute Gasteiger partial charge is 0.347 e. The van der Waals surface area contributed by atoms with Crippen molar-refractivity contribution in [3.8, 4) is 5.69 Å². The van der Waals surface area contributed by atoms with Crippen LogP contribution in [0, 0.1) is 20.2 Å². The van der Waals surface area contributed by atoms with Crippen molar-refractivity contribution in [3.05, 3.63) is 79.0 Å². The molecule has 160 valence electrons. The Morgan fingerprint density at radius 1 is 1.10 bits per heavy atom. The van der Waals surface area contributed by atoms with E-state index in [9.17, 15) is 20.2 Å². The van der Waals surface area contributed by atoms with Gasteiger partial charge in [0, 0.05) is 48.4 Å². The summed E-state index contributed by atoms with van der Waals surface area (Å²) in [6.07, 6.45) is 6.56. The summed E-state index contributed by atoms with van der Waals surface area (Å²) in [7, 11) is 0. The van der Waals surface area contributed by atoms with Crippen LogP contribution in [0.15, 0.2) is 47.8 Å². The van der Waals surface area contributed by atoms with Crippen molar-refractivity contribution >= 4 is 11.4 Å². The lowest BCUT2D eigenvalue weighted by Gasteiger charge is -2.04. The first-order valence-corrected chi connectivity index (χ1v) is 9.05. The molecule has 30 heavy (non-hydrogen) atoms. The molecule has 1 aromatic heterocycles. The number of nitrogens with zero attached hydrogens (tertiary/aromatic N) is 6. The number of halogens is 1. The largest absolute Gasteiger partial charge is 1.00 e. The molecule has 11 nitrogen and oxygen atoms in total. The lowest BCUT2D eigenvalue weighted by Crippen LogP contribution is -3.00. The molecule has 12 heteroatoms. The number of benzene rings is 1. The van der Waals surface area contributed by atoms with E-state index in [0.717, 1.165) is 37.3 Å². The first-order valence-electron chi connectivity index (χ1n) is 9.05. The molecule has 2 aromatic rings. The molecule has 1 heterocycles. The van der Waals surface area contributed by atoms with Gasteiger partial charge in [0.2, 0.25) is 0 Å². The van der Waals surface area contributed by atoms with Gasteiger partial charge in [-0.3, -0.25) is 20.2 Å². The third kappa shape index (κ3) is 7.63. The fourth-order valence-electron chi connectivity index (χ4n) is 2.72. The van der Waals surface area contributed by atoms with Gasteiger partial charge in [0.1, 0.15) is 6.07 Å². The fourth-order valence-corrected chi connectivity index (χ4v) is 2.72. The highest BCUT2D eigenvalue weighted by Crippen LogP contribution is 2.24. The number of ether oxygens (including phenoxy) is 1. The first-order chi connectivity index (χ1) is 14.0. The average Bonchev–Trinajstić information content (AvgIpc) is 2.72. The highest BCUT2D eigenvalue weighted by molar-refractivity contribution is 5.53. The van der Waals surface area contributed by atoms with Crippen molar-refractivity contribution in [2.45, 2.75) is 25.7 Å². The molecule has 0 unspecified atom stereocenters. The summed E-state index contributed by atoms with van der Waals surface area (Å²) >= 11 is 0. The van der Waals surface area contributed by atoms with Crippen molar-refractivity contribution in [2.24, 2.45) is 5.11 Å². The molecular formula is C18H21ClN6O5. The second kappa shape index (κ2) is 13.0. The molecule has 0 aliphatic heterocycles. The maximum Gasteiger partial charge on any atom is 0.347 e. The van der Waals surface area contributed by atoms with Crippen LogP contribution in [0.4, 0.5) is 11.4 Å². The molecule has 0 aliphatic rings. The van der Waals surface area contributed by atoms with Gasteiger partial charge in [-0.25, -0.2) is 0 Å². The zero-order valence-electron chi connectivity index (χ0n) is 16.1. The second-order valence-electron chi connectivity index (χ2n) is 6.18. The van der Waals surface area contributed by atoms with E-state index in [1.165, 1.54) is 12.1 Å². The van der Waals surface area contributed by atoms with E-state index >= 15 is 0 Å². The van der Waals surface area contributed by atoms with Gasteiger partial charge in [0.15, 0.2) is 12.4 Å². The average molecular weight is 437 g/mol. The number of pyridine rings is 1. The SMILES string of the molecule is [Cl-].[N-]=[N+]=NCCCCOCCCc1ccc[n+](-c2ccc([N+](=O)[O-])cc2[N+](=O)[O-])c1. The number of aromatic nitrogens is 1. The Labute approximate surface area is 178 Å². The molecule has 0 aliphatic carbocycles. The predicted octanol–water partition coefficient (Wildman–Crippen LogP) is 0.823. The minimum Gasteiger partial charge on any atom is -1.00 e. The number of aryl methyl sites for hydroxylation is 1. The Balaban J connectivity index is 0.00000450. The topological polar surface area (TPSA) is 148 Å². The van der Waals surface area contributed by atoms with Gasteiger partial charge in [0.05, 0.1) is 9.85 Å². The van der Waals surface area contributed by atoms with Crippen molar-refractivity contribution < 1.29 is 31.6 Å². The van der Waals surface area contributed by atoms with Gasteiger partial charge in [-0.15, -0.1) is 0 Å². The van der Waals surface area contributed by atoms with Crippen LogP contribution in [-0.4, -0.2) is 29.6 Å². The van der Waals surface area contributed by atoms with Crippen LogP contribution >= 0.6 is 0 Å². The van der Waals surface area contributed by atoms with E-state index in [2.05, 4.69) is 10.0 Å². The number of non-ortho nitro benzene ring substituents is 1. The lowest BCUT2D eigenvalue weighted by atomic mass is 10.1. The van der Waals surface area contributed by atoms with E-state index in [0.29, 0.717) is 19.8 Å². The highest BCUT2D eigenvalue weighted by Gasteiger charge is 2.26. The number of hydrogen-bond donors (Lipinski definition) is 0. The standard InChI is InChI=1S/C18H21N6O5.ClH/c19-21-20-9-1-2-11-29-12-4-6-15-5-3-10-22(14-15)17-8-7-16(23(25)26)13-18(17)24(27)28;/h3,5,7-8,10,13-14H,1-2,4,6,9,11-12H2;1H/q+1;/p-1. The van der Waals surface area contributed by atoms with Gasteiger partial charge in [-0.2, -0.15) is 4.57 Å². The monoisotopic (exact) mass is 436 g/mol. The molecule has 0 fully saturated rings. The zero-order valence-corrected chi connectivity index (χ0v) is 16.8. The second-order valence-corrected chi connectivity index (χ2v) is 6.18. The third-order valence-electron chi connectivity index (χ3n) is 4.12. The lowest BCUT2D eigenvalue weighted by molar-refractivity contribution is -0.601. The summed E-state index contributed by atoms with van der Waals surface area (Å²) in [5.74, 6) is 0. The van der Waals surface area contributed by atoms with Gasteiger partial charge < -0.3 is 17.1 Å². The summed E-state index contributed by atoms with van der Waals surface area (Å²) < 4.78 is 7.13. The van der Waals surface area contributed by atoms with Crippen LogP contribution in [0.25, 0.3) is 16.1 Å². The van der Waals surface area contributed by atoms with E-state index in [1.807, 2.05) is 6.07 Å². The molecule has 0 atom stereocenters. The summed E-state index contributed by atoms with van der Waals surface area (Å²) in [5, 5.41) is 25.7.